The van der Waals surface area contributed by atoms with E-state index in [4.69, 9.17) is 14.2 Å². The second kappa shape index (κ2) is 7.15. The van der Waals surface area contributed by atoms with Gasteiger partial charge in [0.15, 0.2) is 0 Å². The molecule has 25 heavy (non-hydrogen) atoms. The van der Waals surface area contributed by atoms with Gasteiger partial charge >= 0.3 is 17.9 Å². The Kier molecular flexibility index (Phi) is 4.90. The molecule has 2 aliphatic heterocycles. The van der Waals surface area contributed by atoms with Crippen LogP contribution in [0.4, 0.5) is 0 Å². The van der Waals surface area contributed by atoms with Gasteiger partial charge in [-0.2, -0.15) is 11.8 Å². The fourth-order valence-electron chi connectivity index (χ4n) is 4.51. The van der Waals surface area contributed by atoms with Crippen molar-refractivity contribution >= 4 is 29.7 Å². The molecule has 4 aliphatic rings. The maximum atomic E-state index is 12.0. The van der Waals surface area contributed by atoms with Crippen molar-refractivity contribution in [3.8, 4) is 0 Å². The third kappa shape index (κ3) is 3.51. The Hall–Kier alpha value is -1.28. The van der Waals surface area contributed by atoms with E-state index in [1.165, 1.54) is 0 Å². The summed E-state index contributed by atoms with van der Waals surface area (Å²) in [6, 6.07) is 0. The number of hydrogen-bond acceptors (Lipinski definition) is 8. The molecule has 2 bridgehead atoms. The van der Waals surface area contributed by atoms with E-state index in [9.17, 15) is 14.4 Å². The number of carbonyl (C=O) groups excluding carboxylic acids is 3. The zero-order valence-electron chi connectivity index (χ0n) is 14.1. The van der Waals surface area contributed by atoms with Crippen molar-refractivity contribution in [1.82, 2.24) is 4.90 Å². The summed E-state index contributed by atoms with van der Waals surface area (Å²) in [6.07, 6.45) is 1.13. The molecule has 0 N–H and O–H groups in total. The molecule has 2 heterocycles. The van der Waals surface area contributed by atoms with E-state index in [2.05, 4.69) is 4.90 Å². The average Bonchev–Trinajstić information content (AvgIpc) is 3.21. The molecule has 138 valence electrons. The maximum absolute atomic E-state index is 12.0. The second-order valence-electron chi connectivity index (χ2n) is 7.22. The zero-order chi connectivity index (χ0) is 17.4. The van der Waals surface area contributed by atoms with Gasteiger partial charge < -0.3 is 14.2 Å². The SMILES string of the molecule is O=C(CN1CCSCC1)OCCC(=O)OC1C2CC3C(=O)OC1C3C2. The zero-order valence-corrected chi connectivity index (χ0v) is 14.9. The first-order valence-electron chi connectivity index (χ1n) is 8.97. The summed E-state index contributed by atoms with van der Waals surface area (Å²) in [7, 11) is 0. The number of rotatable bonds is 6. The Morgan fingerprint density at radius 2 is 2.00 bits per heavy atom. The van der Waals surface area contributed by atoms with Crippen LogP contribution in [0.2, 0.25) is 0 Å². The predicted octanol–water partition coefficient (Wildman–Crippen LogP) is 0.462. The lowest BCUT2D eigenvalue weighted by molar-refractivity contribution is -0.163. The van der Waals surface area contributed by atoms with Crippen LogP contribution in [-0.4, -0.2) is 72.8 Å². The molecular formula is C17H23NO6S. The maximum Gasteiger partial charge on any atom is 0.320 e. The van der Waals surface area contributed by atoms with E-state index in [1.54, 1.807) is 0 Å². The second-order valence-corrected chi connectivity index (χ2v) is 8.44. The normalized spacial score (nSPS) is 36.3. The average molecular weight is 369 g/mol. The molecule has 0 aromatic heterocycles. The number of hydrogen-bond donors (Lipinski definition) is 0. The number of ether oxygens (including phenoxy) is 3. The molecule has 8 heteroatoms. The molecule has 4 rings (SSSR count). The van der Waals surface area contributed by atoms with Crippen LogP contribution in [0.25, 0.3) is 0 Å². The van der Waals surface area contributed by atoms with E-state index in [-0.39, 0.29) is 67.4 Å². The number of carbonyl (C=O) groups is 3. The molecule has 0 radical (unpaired) electrons. The summed E-state index contributed by atoms with van der Waals surface area (Å²) in [5.41, 5.74) is 0. The summed E-state index contributed by atoms with van der Waals surface area (Å²) in [5.74, 6) is 1.71. The number of thioether (sulfide) groups is 1. The summed E-state index contributed by atoms with van der Waals surface area (Å²) < 4.78 is 16.1. The minimum Gasteiger partial charge on any atom is -0.464 e. The van der Waals surface area contributed by atoms with Gasteiger partial charge in [0.05, 0.1) is 18.9 Å². The van der Waals surface area contributed by atoms with Crippen LogP contribution in [0.5, 0.6) is 0 Å². The number of nitrogens with zero attached hydrogens (tertiary/aromatic N) is 1. The van der Waals surface area contributed by atoms with Crippen LogP contribution in [0.3, 0.4) is 0 Å². The summed E-state index contributed by atoms with van der Waals surface area (Å²) in [6.45, 7) is 2.11. The highest BCUT2D eigenvalue weighted by molar-refractivity contribution is 7.99. The molecule has 0 aromatic rings. The monoisotopic (exact) mass is 369 g/mol. The van der Waals surface area contributed by atoms with Crippen molar-refractivity contribution in [3.05, 3.63) is 0 Å². The van der Waals surface area contributed by atoms with Crippen LogP contribution >= 0.6 is 11.8 Å². The lowest BCUT2D eigenvalue weighted by atomic mass is 9.88. The van der Waals surface area contributed by atoms with Gasteiger partial charge in [-0.05, 0) is 12.8 Å². The molecular weight excluding hydrogens is 346 g/mol. The van der Waals surface area contributed by atoms with Gasteiger partial charge in [-0.25, -0.2) is 0 Å². The van der Waals surface area contributed by atoms with Crippen molar-refractivity contribution < 1.29 is 28.6 Å². The fourth-order valence-corrected chi connectivity index (χ4v) is 5.49. The van der Waals surface area contributed by atoms with E-state index in [0.29, 0.717) is 0 Å². The quantitative estimate of drug-likeness (QED) is 0.493. The molecule has 2 aliphatic carbocycles. The molecule has 0 spiro atoms. The van der Waals surface area contributed by atoms with Gasteiger partial charge in [0.1, 0.15) is 18.8 Å². The van der Waals surface area contributed by atoms with Crippen molar-refractivity contribution in [1.29, 1.82) is 0 Å². The van der Waals surface area contributed by atoms with Crippen molar-refractivity contribution in [2.75, 3.05) is 37.7 Å². The molecule has 7 nitrogen and oxygen atoms in total. The topological polar surface area (TPSA) is 82.1 Å². The fraction of sp³-hybridized carbons (Fsp3) is 0.824. The first-order valence-corrected chi connectivity index (χ1v) is 10.1. The molecule has 0 amide bonds. The summed E-state index contributed by atoms with van der Waals surface area (Å²) in [4.78, 5) is 37.6. The molecule has 5 atom stereocenters. The first kappa shape index (κ1) is 17.1. The van der Waals surface area contributed by atoms with Gasteiger partial charge in [0.2, 0.25) is 0 Å². The Balaban J connectivity index is 1.16. The van der Waals surface area contributed by atoms with E-state index in [1.807, 2.05) is 11.8 Å². The Morgan fingerprint density at radius 1 is 1.20 bits per heavy atom. The lowest BCUT2D eigenvalue weighted by Gasteiger charge is -2.25. The smallest absolute Gasteiger partial charge is 0.320 e. The van der Waals surface area contributed by atoms with Crippen molar-refractivity contribution in [2.24, 2.45) is 17.8 Å². The van der Waals surface area contributed by atoms with E-state index >= 15 is 0 Å². The Bertz CT molecular complexity index is 563. The molecule has 2 saturated heterocycles. The predicted molar refractivity (Wildman–Crippen MR) is 88.8 cm³/mol. The van der Waals surface area contributed by atoms with Gasteiger partial charge in [-0.1, -0.05) is 0 Å². The van der Waals surface area contributed by atoms with Crippen molar-refractivity contribution in [2.45, 2.75) is 31.5 Å². The minimum absolute atomic E-state index is 0.0131. The first-order chi connectivity index (χ1) is 12.1. The van der Waals surface area contributed by atoms with Crippen molar-refractivity contribution in [3.63, 3.8) is 0 Å². The molecule has 0 aromatic carbocycles. The standard InChI is InChI=1S/C17H23NO6S/c19-13(1-4-22-14(20)9-18-2-5-25-6-3-18)23-15-10-7-11-12(8-10)17(21)24-16(11)15/h10-12,15-16H,1-9H2. The van der Waals surface area contributed by atoms with Crippen LogP contribution in [0.1, 0.15) is 19.3 Å². The lowest BCUT2D eigenvalue weighted by Crippen LogP contribution is -2.38. The van der Waals surface area contributed by atoms with Gasteiger partial charge in [0.25, 0.3) is 0 Å². The summed E-state index contributed by atoms with van der Waals surface area (Å²) >= 11 is 1.89. The van der Waals surface area contributed by atoms with Crippen LogP contribution in [-0.2, 0) is 28.6 Å². The van der Waals surface area contributed by atoms with Crippen LogP contribution in [0, 0.1) is 17.8 Å². The molecule has 2 saturated carbocycles. The molecule has 5 unspecified atom stereocenters. The Labute approximate surface area is 150 Å². The number of esters is 3. The van der Waals surface area contributed by atoms with Crippen LogP contribution in [0.15, 0.2) is 0 Å². The minimum atomic E-state index is -0.390. The highest BCUT2D eigenvalue weighted by Gasteiger charge is 2.63. The van der Waals surface area contributed by atoms with Gasteiger partial charge in [0, 0.05) is 36.4 Å². The highest BCUT2D eigenvalue weighted by Crippen LogP contribution is 2.55. The van der Waals surface area contributed by atoms with Crippen LogP contribution < -0.4 is 0 Å². The Morgan fingerprint density at radius 3 is 2.80 bits per heavy atom. The van der Waals surface area contributed by atoms with E-state index in [0.717, 1.165) is 37.4 Å². The third-order valence-corrected chi connectivity index (χ3v) is 6.65. The number of fused-ring (bicyclic) bond motifs is 1. The van der Waals surface area contributed by atoms with Gasteiger partial charge in [-0.3, -0.25) is 19.3 Å². The third-order valence-electron chi connectivity index (χ3n) is 5.71. The van der Waals surface area contributed by atoms with E-state index < -0.39 is 0 Å². The van der Waals surface area contributed by atoms with Gasteiger partial charge in [-0.15, -0.1) is 0 Å². The largest absolute Gasteiger partial charge is 0.464 e. The summed E-state index contributed by atoms with van der Waals surface area (Å²) in [5, 5.41) is 0. The highest BCUT2D eigenvalue weighted by atomic mass is 32.2. The molecule has 4 fully saturated rings.